The van der Waals surface area contributed by atoms with E-state index < -0.39 is 0 Å². The molecule has 0 amide bonds. The van der Waals surface area contributed by atoms with E-state index >= 15 is 0 Å². The Morgan fingerprint density at radius 2 is 2.50 bits per heavy atom. The summed E-state index contributed by atoms with van der Waals surface area (Å²) in [4.78, 5) is 6.38. The van der Waals surface area contributed by atoms with Crippen LogP contribution in [-0.4, -0.2) is 26.5 Å². The third-order valence-corrected chi connectivity index (χ3v) is 1.29. The summed E-state index contributed by atoms with van der Waals surface area (Å²) >= 11 is 0. The van der Waals surface area contributed by atoms with E-state index in [9.17, 15) is 0 Å². The Labute approximate surface area is 68.3 Å². The van der Waals surface area contributed by atoms with Gasteiger partial charge in [0.2, 0.25) is 5.95 Å². The number of hydrogen-bond donors (Lipinski definition) is 1. The molecule has 0 aliphatic carbocycles. The minimum Gasteiger partial charge on any atom is -0.394 e. The molecule has 0 unspecified atom stereocenters. The Hall–Kier alpha value is -1.59. The number of aryl methyl sites for hydroxylation is 1. The lowest BCUT2D eigenvalue weighted by Gasteiger charge is -1.96. The molecule has 0 saturated carbocycles. The molecule has 1 aromatic heterocycles. The van der Waals surface area contributed by atoms with Crippen LogP contribution in [0.4, 0.5) is 5.95 Å². The lowest BCUT2D eigenvalue weighted by Crippen LogP contribution is -2.05. The third-order valence-electron chi connectivity index (χ3n) is 1.29. The van der Waals surface area contributed by atoms with Crippen LogP contribution in [0.5, 0.6) is 0 Å². The van der Waals surface area contributed by atoms with Crippen LogP contribution in [0, 0.1) is 6.92 Å². The van der Waals surface area contributed by atoms with E-state index in [1.165, 1.54) is 4.68 Å². The van der Waals surface area contributed by atoms with E-state index in [1.54, 1.807) is 6.92 Å². The highest BCUT2D eigenvalue weighted by atomic mass is 16.3. The first kappa shape index (κ1) is 8.51. The molecule has 1 aromatic rings. The number of azide groups is 1. The zero-order chi connectivity index (χ0) is 8.97. The average Bonchev–Trinajstić information content (AvgIpc) is 2.34. The summed E-state index contributed by atoms with van der Waals surface area (Å²) < 4.78 is 1.48. The number of rotatable bonds is 3. The molecule has 0 saturated heterocycles. The van der Waals surface area contributed by atoms with Crippen LogP contribution in [0.15, 0.2) is 5.11 Å². The number of aliphatic hydroxyl groups is 1. The van der Waals surface area contributed by atoms with Crippen molar-refractivity contribution in [1.82, 2.24) is 14.8 Å². The Kier molecular flexibility index (Phi) is 2.62. The predicted molar refractivity (Wildman–Crippen MR) is 40.7 cm³/mol. The molecule has 7 nitrogen and oxygen atoms in total. The molecule has 0 fully saturated rings. The Morgan fingerprint density at radius 3 is 3.08 bits per heavy atom. The SMILES string of the molecule is Cc1nc(N=[N+]=[N-])nn1CCO. The first-order chi connectivity index (χ1) is 5.77. The van der Waals surface area contributed by atoms with Gasteiger partial charge in [0.1, 0.15) is 5.82 Å². The molecule has 0 aliphatic heterocycles. The second-order valence-corrected chi connectivity index (χ2v) is 2.10. The molecule has 0 radical (unpaired) electrons. The molecular formula is C5H8N6O. The van der Waals surface area contributed by atoms with Crippen molar-refractivity contribution in [2.75, 3.05) is 6.61 Å². The predicted octanol–water partition coefficient (Wildman–Crippen LogP) is 0.521. The van der Waals surface area contributed by atoms with Gasteiger partial charge >= 0.3 is 0 Å². The van der Waals surface area contributed by atoms with E-state index in [2.05, 4.69) is 20.1 Å². The fourth-order valence-electron chi connectivity index (χ4n) is 0.794. The van der Waals surface area contributed by atoms with Crippen LogP contribution in [0.3, 0.4) is 0 Å². The van der Waals surface area contributed by atoms with Crippen molar-refractivity contribution in [2.45, 2.75) is 13.5 Å². The van der Waals surface area contributed by atoms with Gasteiger partial charge in [-0.05, 0) is 17.6 Å². The van der Waals surface area contributed by atoms with Crippen molar-refractivity contribution in [1.29, 1.82) is 0 Å². The third kappa shape index (κ3) is 1.71. The maximum Gasteiger partial charge on any atom is 0.238 e. The number of aliphatic hydroxyl groups excluding tert-OH is 1. The van der Waals surface area contributed by atoms with Crippen LogP contribution >= 0.6 is 0 Å². The topological polar surface area (TPSA) is 99.7 Å². The fraction of sp³-hybridized carbons (Fsp3) is 0.600. The summed E-state index contributed by atoms with van der Waals surface area (Å²) in [5.41, 5.74) is 8.07. The van der Waals surface area contributed by atoms with Crippen molar-refractivity contribution < 1.29 is 5.11 Å². The molecule has 0 spiro atoms. The number of hydrogen-bond acceptors (Lipinski definition) is 4. The largest absolute Gasteiger partial charge is 0.394 e. The molecule has 0 aromatic carbocycles. The van der Waals surface area contributed by atoms with Crippen LogP contribution in [0.25, 0.3) is 10.4 Å². The molecule has 1 rings (SSSR count). The molecule has 0 atom stereocenters. The summed E-state index contributed by atoms with van der Waals surface area (Å²) in [6.45, 7) is 2.07. The van der Waals surface area contributed by atoms with Gasteiger partial charge in [0.25, 0.3) is 0 Å². The molecule has 1 N–H and O–H groups in total. The van der Waals surface area contributed by atoms with Crippen LogP contribution < -0.4 is 0 Å². The molecule has 12 heavy (non-hydrogen) atoms. The molecule has 64 valence electrons. The summed E-state index contributed by atoms with van der Waals surface area (Å²) in [6.07, 6.45) is 0. The minimum absolute atomic E-state index is 0.0140. The highest BCUT2D eigenvalue weighted by Gasteiger charge is 2.02. The summed E-state index contributed by atoms with van der Waals surface area (Å²) in [5, 5.41) is 15.6. The van der Waals surface area contributed by atoms with E-state index in [1.807, 2.05) is 0 Å². The summed E-state index contributed by atoms with van der Waals surface area (Å²) in [5.74, 6) is 0.704. The zero-order valence-corrected chi connectivity index (χ0v) is 6.54. The number of aromatic nitrogens is 3. The van der Waals surface area contributed by atoms with Gasteiger partial charge in [-0.2, -0.15) is 0 Å². The summed E-state index contributed by atoms with van der Waals surface area (Å²) in [7, 11) is 0. The molecular weight excluding hydrogens is 160 g/mol. The van der Waals surface area contributed by atoms with Gasteiger partial charge in [-0.1, -0.05) is 0 Å². The van der Waals surface area contributed by atoms with Crippen LogP contribution in [0.2, 0.25) is 0 Å². The van der Waals surface area contributed by atoms with Gasteiger partial charge in [-0.15, -0.1) is 5.10 Å². The normalized spacial score (nSPS) is 9.50. The molecule has 7 heteroatoms. The van der Waals surface area contributed by atoms with Gasteiger partial charge in [0, 0.05) is 4.91 Å². The minimum atomic E-state index is -0.0140. The highest BCUT2D eigenvalue weighted by Crippen LogP contribution is 2.05. The first-order valence-corrected chi connectivity index (χ1v) is 3.35. The standard InChI is InChI=1S/C5H8N6O/c1-4-7-5(8-10-6)9-11(4)2-3-12/h12H,2-3H2,1H3. The second-order valence-electron chi connectivity index (χ2n) is 2.10. The molecule has 1 heterocycles. The quantitative estimate of drug-likeness (QED) is 0.404. The van der Waals surface area contributed by atoms with Crippen molar-refractivity contribution >= 4 is 5.95 Å². The monoisotopic (exact) mass is 168 g/mol. The Morgan fingerprint density at radius 1 is 1.75 bits per heavy atom. The van der Waals surface area contributed by atoms with Gasteiger partial charge in [-0.3, -0.25) is 0 Å². The smallest absolute Gasteiger partial charge is 0.238 e. The fourth-order valence-corrected chi connectivity index (χ4v) is 0.794. The second kappa shape index (κ2) is 3.70. The average molecular weight is 168 g/mol. The van der Waals surface area contributed by atoms with Crippen molar-refractivity contribution in [3.63, 3.8) is 0 Å². The van der Waals surface area contributed by atoms with Gasteiger partial charge in [0.05, 0.1) is 13.2 Å². The Balaban J connectivity index is 2.91. The van der Waals surface area contributed by atoms with E-state index in [0.29, 0.717) is 12.4 Å². The highest BCUT2D eigenvalue weighted by molar-refractivity contribution is 5.12. The lowest BCUT2D eigenvalue weighted by molar-refractivity contribution is 0.268. The van der Waals surface area contributed by atoms with Gasteiger partial charge in [-0.25, -0.2) is 9.67 Å². The maximum atomic E-state index is 8.59. The number of nitrogens with zero attached hydrogens (tertiary/aromatic N) is 6. The zero-order valence-electron chi connectivity index (χ0n) is 6.54. The molecule has 0 aliphatic rings. The van der Waals surface area contributed by atoms with E-state index in [-0.39, 0.29) is 12.6 Å². The van der Waals surface area contributed by atoms with Crippen molar-refractivity contribution in [3.05, 3.63) is 16.3 Å². The van der Waals surface area contributed by atoms with Crippen LogP contribution in [-0.2, 0) is 6.54 Å². The van der Waals surface area contributed by atoms with Crippen molar-refractivity contribution in [3.8, 4) is 0 Å². The lowest BCUT2D eigenvalue weighted by atomic mass is 10.6. The maximum absolute atomic E-state index is 8.59. The van der Waals surface area contributed by atoms with Crippen LogP contribution in [0.1, 0.15) is 5.82 Å². The van der Waals surface area contributed by atoms with Gasteiger partial charge in [0.15, 0.2) is 0 Å². The van der Waals surface area contributed by atoms with Crippen molar-refractivity contribution in [2.24, 2.45) is 5.11 Å². The molecule has 0 bridgehead atoms. The van der Waals surface area contributed by atoms with E-state index in [4.69, 9.17) is 10.6 Å². The van der Waals surface area contributed by atoms with E-state index in [0.717, 1.165) is 0 Å². The summed E-state index contributed by atoms with van der Waals surface area (Å²) in [6, 6.07) is 0. The Bertz CT molecular complexity index is 312. The first-order valence-electron chi connectivity index (χ1n) is 3.35. The van der Waals surface area contributed by atoms with Gasteiger partial charge < -0.3 is 5.11 Å².